The van der Waals surface area contributed by atoms with Gasteiger partial charge >= 0.3 is 0 Å². The number of nitrogens with one attached hydrogen (secondary N) is 1. The van der Waals surface area contributed by atoms with E-state index in [-0.39, 0.29) is 0 Å². The number of methoxy groups -OCH3 is 1. The summed E-state index contributed by atoms with van der Waals surface area (Å²) in [6, 6.07) is 16.3. The second-order valence-electron chi connectivity index (χ2n) is 6.97. The highest BCUT2D eigenvalue weighted by atomic mass is 16.5. The van der Waals surface area contributed by atoms with Gasteiger partial charge in [-0.25, -0.2) is 0 Å². The van der Waals surface area contributed by atoms with Gasteiger partial charge in [-0.05, 0) is 42.2 Å². The molecule has 0 spiro atoms. The van der Waals surface area contributed by atoms with Gasteiger partial charge in [0.25, 0.3) is 0 Å². The molecule has 1 aliphatic heterocycles. The number of aliphatic hydroxyl groups excluding tert-OH is 1. The second-order valence-corrected chi connectivity index (χ2v) is 6.97. The van der Waals surface area contributed by atoms with Crippen LogP contribution in [-0.2, 0) is 12.8 Å². The summed E-state index contributed by atoms with van der Waals surface area (Å²) in [6.45, 7) is 4.91. The fraction of sp³-hybridized carbons (Fsp3) is 0.455. The van der Waals surface area contributed by atoms with E-state index < -0.39 is 6.10 Å². The van der Waals surface area contributed by atoms with Crippen molar-refractivity contribution in [3.8, 4) is 11.5 Å². The third-order valence-electron chi connectivity index (χ3n) is 4.90. The molecule has 1 atom stereocenters. The van der Waals surface area contributed by atoms with E-state index in [4.69, 9.17) is 9.47 Å². The van der Waals surface area contributed by atoms with Gasteiger partial charge in [0.1, 0.15) is 24.2 Å². The lowest BCUT2D eigenvalue weighted by molar-refractivity contribution is 0.0638. The molecule has 1 unspecified atom stereocenters. The second kappa shape index (κ2) is 10.3. The molecule has 0 saturated carbocycles. The Bertz CT molecular complexity index is 701. The van der Waals surface area contributed by atoms with Crippen LogP contribution in [0.1, 0.15) is 11.1 Å². The Labute approximate surface area is 161 Å². The van der Waals surface area contributed by atoms with Gasteiger partial charge < -0.3 is 19.9 Å². The first-order valence-corrected chi connectivity index (χ1v) is 9.69. The summed E-state index contributed by atoms with van der Waals surface area (Å²) < 4.78 is 11.3. The van der Waals surface area contributed by atoms with Crippen LogP contribution in [0.5, 0.6) is 11.5 Å². The third kappa shape index (κ3) is 6.24. The molecule has 0 aromatic heterocycles. The van der Waals surface area contributed by atoms with E-state index in [9.17, 15) is 5.11 Å². The zero-order valence-electron chi connectivity index (χ0n) is 16.1. The molecule has 27 heavy (non-hydrogen) atoms. The number of ether oxygens (including phenoxy) is 2. The number of benzene rings is 2. The molecule has 1 fully saturated rings. The first-order chi connectivity index (χ1) is 13.2. The largest absolute Gasteiger partial charge is 0.497 e. The Balaban J connectivity index is 1.52. The molecule has 0 amide bonds. The average molecular weight is 370 g/mol. The van der Waals surface area contributed by atoms with E-state index >= 15 is 0 Å². The lowest BCUT2D eigenvalue weighted by Gasteiger charge is -2.29. The van der Waals surface area contributed by atoms with Crippen molar-refractivity contribution in [3.05, 3.63) is 59.7 Å². The van der Waals surface area contributed by atoms with E-state index in [1.165, 1.54) is 5.56 Å². The molecule has 3 rings (SSSR count). The fourth-order valence-electron chi connectivity index (χ4n) is 3.39. The summed E-state index contributed by atoms with van der Waals surface area (Å²) in [5, 5.41) is 13.6. The molecule has 0 bridgehead atoms. The Morgan fingerprint density at radius 3 is 2.70 bits per heavy atom. The van der Waals surface area contributed by atoms with E-state index in [0.29, 0.717) is 13.2 Å². The fourth-order valence-corrected chi connectivity index (χ4v) is 3.39. The first kappa shape index (κ1) is 19.7. The molecule has 1 aliphatic rings. The molecule has 5 nitrogen and oxygen atoms in total. The maximum Gasteiger partial charge on any atom is 0.122 e. The van der Waals surface area contributed by atoms with Crippen LogP contribution >= 0.6 is 0 Å². The van der Waals surface area contributed by atoms with Gasteiger partial charge in [0.2, 0.25) is 0 Å². The van der Waals surface area contributed by atoms with Crippen LogP contribution in [0.25, 0.3) is 0 Å². The lowest BCUT2D eigenvalue weighted by atomic mass is 10.0. The molecule has 1 saturated heterocycles. The number of rotatable bonds is 9. The van der Waals surface area contributed by atoms with Crippen LogP contribution in [0, 0.1) is 0 Å². The Morgan fingerprint density at radius 2 is 1.89 bits per heavy atom. The summed E-state index contributed by atoms with van der Waals surface area (Å²) in [5.41, 5.74) is 2.40. The van der Waals surface area contributed by atoms with Gasteiger partial charge in [-0.2, -0.15) is 0 Å². The normalized spacial score (nSPS) is 16.1. The van der Waals surface area contributed by atoms with Crippen molar-refractivity contribution < 1.29 is 14.6 Å². The van der Waals surface area contributed by atoms with Crippen LogP contribution < -0.4 is 14.8 Å². The Morgan fingerprint density at radius 1 is 1.07 bits per heavy atom. The minimum absolute atomic E-state index is 0.320. The number of nitrogens with zero attached hydrogens (tertiary/aromatic N) is 1. The highest BCUT2D eigenvalue weighted by molar-refractivity contribution is 5.35. The maximum atomic E-state index is 10.3. The van der Waals surface area contributed by atoms with Crippen LogP contribution in [0.3, 0.4) is 0 Å². The predicted molar refractivity (Wildman–Crippen MR) is 108 cm³/mol. The van der Waals surface area contributed by atoms with Crippen molar-refractivity contribution in [1.82, 2.24) is 10.2 Å². The SMILES string of the molecule is COc1cccc(CCc2ccccc2OCC(O)CN2CCNCC2)c1. The molecule has 146 valence electrons. The van der Waals surface area contributed by atoms with Crippen LogP contribution in [0.2, 0.25) is 0 Å². The minimum atomic E-state index is -0.477. The smallest absolute Gasteiger partial charge is 0.122 e. The highest BCUT2D eigenvalue weighted by Gasteiger charge is 2.15. The summed E-state index contributed by atoms with van der Waals surface area (Å²) in [4.78, 5) is 2.28. The topological polar surface area (TPSA) is 54.0 Å². The van der Waals surface area contributed by atoms with Crippen molar-refractivity contribution in [1.29, 1.82) is 0 Å². The molecule has 2 aromatic rings. The molecular formula is C22H30N2O3. The Kier molecular flexibility index (Phi) is 7.51. The number of aliphatic hydroxyl groups is 1. The van der Waals surface area contributed by atoms with Crippen molar-refractivity contribution >= 4 is 0 Å². The van der Waals surface area contributed by atoms with Crippen LogP contribution in [0.4, 0.5) is 0 Å². The van der Waals surface area contributed by atoms with Gasteiger partial charge in [-0.1, -0.05) is 30.3 Å². The maximum absolute atomic E-state index is 10.3. The standard InChI is InChI=1S/C22H30N2O3/c1-26-21-7-4-5-18(15-21)9-10-19-6-2-3-8-22(19)27-17-20(25)16-24-13-11-23-12-14-24/h2-8,15,20,23,25H,9-14,16-17H2,1H3. The highest BCUT2D eigenvalue weighted by Crippen LogP contribution is 2.21. The minimum Gasteiger partial charge on any atom is -0.497 e. The lowest BCUT2D eigenvalue weighted by Crippen LogP contribution is -2.47. The summed E-state index contributed by atoms with van der Waals surface area (Å²) in [6.07, 6.45) is 1.33. The van der Waals surface area contributed by atoms with Gasteiger partial charge in [-0.15, -0.1) is 0 Å². The van der Waals surface area contributed by atoms with Crippen LogP contribution in [-0.4, -0.2) is 62.6 Å². The number of aryl methyl sites for hydroxylation is 2. The predicted octanol–water partition coefficient (Wildman–Crippen LogP) is 2.13. The van der Waals surface area contributed by atoms with Gasteiger partial charge in [0, 0.05) is 32.7 Å². The molecule has 2 aromatic carbocycles. The zero-order chi connectivity index (χ0) is 18.9. The van der Waals surface area contributed by atoms with Crippen molar-refractivity contribution in [2.24, 2.45) is 0 Å². The quantitative estimate of drug-likeness (QED) is 0.708. The number of hydrogen-bond donors (Lipinski definition) is 2. The molecule has 0 radical (unpaired) electrons. The van der Waals surface area contributed by atoms with Crippen molar-refractivity contribution in [2.45, 2.75) is 18.9 Å². The van der Waals surface area contributed by atoms with Crippen molar-refractivity contribution in [3.63, 3.8) is 0 Å². The van der Waals surface area contributed by atoms with Gasteiger partial charge in [0.15, 0.2) is 0 Å². The average Bonchev–Trinajstić information content (AvgIpc) is 2.72. The number of piperazine rings is 1. The van der Waals surface area contributed by atoms with Crippen LogP contribution in [0.15, 0.2) is 48.5 Å². The van der Waals surface area contributed by atoms with E-state index in [1.54, 1.807) is 7.11 Å². The number of β-amino-alcohol motifs (C(OH)–C–C–N with tert-alkyl or cyclic N) is 1. The van der Waals surface area contributed by atoms with E-state index in [1.807, 2.05) is 30.3 Å². The zero-order valence-corrected chi connectivity index (χ0v) is 16.1. The van der Waals surface area contributed by atoms with Crippen molar-refractivity contribution in [2.75, 3.05) is 46.4 Å². The molecule has 2 N–H and O–H groups in total. The van der Waals surface area contributed by atoms with Gasteiger partial charge in [-0.3, -0.25) is 4.90 Å². The molecule has 0 aliphatic carbocycles. The first-order valence-electron chi connectivity index (χ1n) is 9.69. The molecule has 5 heteroatoms. The summed E-state index contributed by atoms with van der Waals surface area (Å²) >= 11 is 0. The molecule has 1 heterocycles. The summed E-state index contributed by atoms with van der Waals surface area (Å²) in [7, 11) is 1.69. The number of para-hydroxylation sites is 1. The third-order valence-corrected chi connectivity index (χ3v) is 4.90. The van der Waals surface area contributed by atoms with E-state index in [2.05, 4.69) is 28.4 Å². The number of hydrogen-bond acceptors (Lipinski definition) is 5. The molecular weight excluding hydrogens is 340 g/mol. The van der Waals surface area contributed by atoms with E-state index in [0.717, 1.165) is 56.1 Å². The van der Waals surface area contributed by atoms with Gasteiger partial charge in [0.05, 0.1) is 7.11 Å². The Hall–Kier alpha value is -2.08. The monoisotopic (exact) mass is 370 g/mol. The summed E-state index contributed by atoms with van der Waals surface area (Å²) in [5.74, 6) is 1.74.